The van der Waals surface area contributed by atoms with E-state index in [0.717, 1.165) is 16.0 Å². The third-order valence-corrected chi connectivity index (χ3v) is 2.38. The third kappa shape index (κ3) is 1.04. The summed E-state index contributed by atoms with van der Waals surface area (Å²) in [5, 5.41) is 0. The lowest BCUT2D eigenvalue weighted by Crippen LogP contribution is -1.80. The number of hydrogen-bond acceptors (Lipinski definition) is 4. The molecule has 1 heterocycles. The molecule has 0 radical (unpaired) electrons. The van der Waals surface area contributed by atoms with Gasteiger partial charge in [-0.2, -0.15) is 4.98 Å². The van der Waals surface area contributed by atoms with Gasteiger partial charge in [0.2, 0.25) is 0 Å². The van der Waals surface area contributed by atoms with Gasteiger partial charge in [0.15, 0.2) is 5.58 Å². The Bertz CT molecular complexity index is 410. The fourth-order valence-electron chi connectivity index (χ4n) is 1.10. The van der Waals surface area contributed by atoms with Crippen molar-refractivity contribution >= 4 is 28.9 Å². The van der Waals surface area contributed by atoms with Gasteiger partial charge in [0.1, 0.15) is 5.52 Å². The van der Waals surface area contributed by atoms with E-state index < -0.39 is 0 Å². The molecule has 2 N–H and O–H groups in total. The van der Waals surface area contributed by atoms with Crippen molar-refractivity contribution in [3.63, 3.8) is 0 Å². The monoisotopic (exact) mass is 180 g/mol. The van der Waals surface area contributed by atoms with Crippen molar-refractivity contribution < 1.29 is 4.42 Å². The van der Waals surface area contributed by atoms with E-state index in [2.05, 4.69) is 4.98 Å². The minimum Gasteiger partial charge on any atom is -0.422 e. The average Bonchev–Trinajstić information content (AvgIpc) is 2.44. The number of nitrogens with zero attached hydrogens (tertiary/aromatic N) is 1. The standard InChI is InChI=1S/C8H8N2OS/c1-12-6-4-2-3-5-7(6)11-8(9)10-5/h2-4H,1H3,(H2,9,10). The summed E-state index contributed by atoms with van der Waals surface area (Å²) in [6.45, 7) is 0. The number of thioether (sulfide) groups is 1. The second kappa shape index (κ2) is 2.71. The van der Waals surface area contributed by atoms with Crippen LogP contribution in [0.1, 0.15) is 0 Å². The highest BCUT2D eigenvalue weighted by atomic mass is 32.2. The lowest BCUT2D eigenvalue weighted by atomic mass is 10.3. The van der Waals surface area contributed by atoms with Crippen molar-refractivity contribution in [3.05, 3.63) is 18.2 Å². The molecule has 0 amide bonds. The van der Waals surface area contributed by atoms with Crippen LogP contribution in [0, 0.1) is 0 Å². The molecule has 0 saturated carbocycles. The maximum absolute atomic E-state index is 5.43. The summed E-state index contributed by atoms with van der Waals surface area (Å²) in [7, 11) is 0. The van der Waals surface area contributed by atoms with Crippen LogP contribution in [0.2, 0.25) is 0 Å². The molecule has 62 valence electrons. The van der Waals surface area contributed by atoms with E-state index in [1.807, 2.05) is 24.5 Å². The van der Waals surface area contributed by atoms with E-state index in [0.29, 0.717) is 0 Å². The minimum absolute atomic E-state index is 0.228. The highest BCUT2D eigenvalue weighted by molar-refractivity contribution is 7.98. The molecule has 0 unspecified atom stereocenters. The molecule has 0 atom stereocenters. The number of rotatable bonds is 1. The molecule has 0 aliphatic heterocycles. The largest absolute Gasteiger partial charge is 0.422 e. The summed E-state index contributed by atoms with van der Waals surface area (Å²) in [5.41, 5.74) is 7.03. The van der Waals surface area contributed by atoms with Gasteiger partial charge in [-0.3, -0.25) is 0 Å². The van der Waals surface area contributed by atoms with Gasteiger partial charge in [0.25, 0.3) is 6.01 Å². The van der Waals surface area contributed by atoms with E-state index in [4.69, 9.17) is 10.2 Å². The third-order valence-electron chi connectivity index (χ3n) is 1.62. The zero-order valence-corrected chi connectivity index (χ0v) is 7.39. The molecule has 1 aromatic carbocycles. The molecule has 0 aliphatic carbocycles. The van der Waals surface area contributed by atoms with Crippen molar-refractivity contribution in [2.75, 3.05) is 12.0 Å². The molecule has 1 aromatic heterocycles. The van der Waals surface area contributed by atoms with Crippen molar-refractivity contribution in [1.29, 1.82) is 0 Å². The van der Waals surface area contributed by atoms with Crippen molar-refractivity contribution in [1.82, 2.24) is 4.98 Å². The molecule has 2 aromatic rings. The first-order chi connectivity index (χ1) is 5.81. The van der Waals surface area contributed by atoms with Gasteiger partial charge < -0.3 is 10.2 Å². The summed E-state index contributed by atoms with van der Waals surface area (Å²) in [6.07, 6.45) is 1.99. The molecule has 3 nitrogen and oxygen atoms in total. The van der Waals surface area contributed by atoms with Gasteiger partial charge in [-0.15, -0.1) is 11.8 Å². The number of nitrogen functional groups attached to an aromatic ring is 1. The number of oxazole rings is 1. The Labute approximate surface area is 74.0 Å². The Morgan fingerprint density at radius 3 is 3.08 bits per heavy atom. The first kappa shape index (κ1) is 7.49. The molecule has 2 rings (SSSR count). The normalized spacial score (nSPS) is 10.8. The smallest absolute Gasteiger partial charge is 0.293 e. The van der Waals surface area contributed by atoms with E-state index in [9.17, 15) is 0 Å². The second-order valence-electron chi connectivity index (χ2n) is 2.36. The van der Waals surface area contributed by atoms with Gasteiger partial charge in [0, 0.05) is 0 Å². The average molecular weight is 180 g/mol. The van der Waals surface area contributed by atoms with Gasteiger partial charge in [-0.25, -0.2) is 0 Å². The second-order valence-corrected chi connectivity index (χ2v) is 3.21. The van der Waals surface area contributed by atoms with Crippen LogP contribution in [0.25, 0.3) is 11.1 Å². The predicted octanol–water partition coefficient (Wildman–Crippen LogP) is 2.13. The van der Waals surface area contributed by atoms with E-state index in [1.165, 1.54) is 0 Å². The van der Waals surface area contributed by atoms with Crippen LogP contribution in [-0.2, 0) is 0 Å². The molecule has 0 spiro atoms. The van der Waals surface area contributed by atoms with Crippen LogP contribution in [0.5, 0.6) is 0 Å². The fraction of sp³-hybridized carbons (Fsp3) is 0.125. The minimum atomic E-state index is 0.228. The molecular weight excluding hydrogens is 172 g/mol. The van der Waals surface area contributed by atoms with Crippen molar-refractivity contribution in [2.45, 2.75) is 4.90 Å². The van der Waals surface area contributed by atoms with Crippen LogP contribution < -0.4 is 5.73 Å². The lowest BCUT2D eigenvalue weighted by molar-refractivity contribution is 0.619. The Kier molecular flexibility index (Phi) is 1.69. The Morgan fingerprint density at radius 1 is 1.50 bits per heavy atom. The van der Waals surface area contributed by atoms with Crippen LogP contribution in [0.4, 0.5) is 6.01 Å². The van der Waals surface area contributed by atoms with E-state index in [-0.39, 0.29) is 6.01 Å². The number of benzene rings is 1. The zero-order valence-electron chi connectivity index (χ0n) is 6.57. The summed E-state index contributed by atoms with van der Waals surface area (Å²) in [4.78, 5) is 5.09. The fourth-order valence-corrected chi connectivity index (χ4v) is 1.65. The Balaban J connectivity index is 2.78. The number of anilines is 1. The Morgan fingerprint density at radius 2 is 2.33 bits per heavy atom. The van der Waals surface area contributed by atoms with Crippen LogP contribution >= 0.6 is 11.8 Å². The zero-order chi connectivity index (χ0) is 8.55. The van der Waals surface area contributed by atoms with Crippen molar-refractivity contribution in [2.24, 2.45) is 0 Å². The maximum atomic E-state index is 5.43. The number of para-hydroxylation sites is 1. The Hall–Kier alpha value is -1.16. The van der Waals surface area contributed by atoms with Gasteiger partial charge >= 0.3 is 0 Å². The highest BCUT2D eigenvalue weighted by Crippen LogP contribution is 2.27. The summed E-state index contributed by atoms with van der Waals surface area (Å²) in [6, 6.07) is 6.04. The molecular formula is C8H8N2OS. The topological polar surface area (TPSA) is 52.0 Å². The number of hydrogen-bond donors (Lipinski definition) is 1. The summed E-state index contributed by atoms with van der Waals surface area (Å²) in [5.74, 6) is 0. The van der Waals surface area contributed by atoms with Crippen LogP contribution in [-0.4, -0.2) is 11.2 Å². The van der Waals surface area contributed by atoms with Crippen molar-refractivity contribution in [3.8, 4) is 0 Å². The molecule has 0 saturated heterocycles. The molecule has 0 bridgehead atoms. The van der Waals surface area contributed by atoms with Crippen LogP contribution in [0.15, 0.2) is 27.5 Å². The van der Waals surface area contributed by atoms with E-state index in [1.54, 1.807) is 11.8 Å². The number of fused-ring (bicyclic) bond motifs is 1. The SMILES string of the molecule is CSc1cccc2nc(N)oc12. The number of aromatic nitrogens is 1. The van der Waals surface area contributed by atoms with Gasteiger partial charge in [-0.05, 0) is 18.4 Å². The first-order valence-corrected chi connectivity index (χ1v) is 4.73. The van der Waals surface area contributed by atoms with Gasteiger partial charge in [-0.1, -0.05) is 6.07 Å². The first-order valence-electron chi connectivity index (χ1n) is 3.50. The quantitative estimate of drug-likeness (QED) is 0.683. The number of nitrogens with two attached hydrogens (primary N) is 1. The molecule has 0 aliphatic rings. The van der Waals surface area contributed by atoms with Gasteiger partial charge in [0.05, 0.1) is 4.90 Å². The predicted molar refractivity (Wildman–Crippen MR) is 50.2 cm³/mol. The highest BCUT2D eigenvalue weighted by Gasteiger charge is 2.05. The maximum Gasteiger partial charge on any atom is 0.293 e. The van der Waals surface area contributed by atoms with E-state index >= 15 is 0 Å². The molecule has 12 heavy (non-hydrogen) atoms. The van der Waals surface area contributed by atoms with Crippen LogP contribution in [0.3, 0.4) is 0 Å². The summed E-state index contributed by atoms with van der Waals surface area (Å²) < 4.78 is 5.24. The molecule has 0 fully saturated rings. The molecule has 4 heteroatoms. The summed E-state index contributed by atoms with van der Waals surface area (Å²) >= 11 is 1.62. The lowest BCUT2D eigenvalue weighted by Gasteiger charge is -1.93.